The number of carbonyl (C=O) groups excluding carboxylic acids is 1. The second-order valence-electron chi connectivity index (χ2n) is 7.17. The average Bonchev–Trinajstić information content (AvgIpc) is 3.33. The fourth-order valence-electron chi connectivity index (χ4n) is 3.36. The molecule has 1 aromatic heterocycles. The zero-order valence-corrected chi connectivity index (χ0v) is 18.7. The van der Waals surface area contributed by atoms with Crippen LogP contribution in [0.1, 0.15) is 23.0 Å². The first-order valence-electron chi connectivity index (χ1n) is 9.51. The molecule has 3 aromatic rings. The highest BCUT2D eigenvalue weighted by atomic mass is 35.5. The molecule has 0 saturated carbocycles. The number of hydrogen-bond acceptors (Lipinski definition) is 5. The molecular formula is C22H17ClN4O5S. The number of halogens is 1. The minimum atomic E-state index is -3.81. The maximum atomic E-state index is 13.1. The Labute approximate surface area is 194 Å². The van der Waals surface area contributed by atoms with Crippen LogP contribution in [-0.4, -0.2) is 35.7 Å². The second-order valence-corrected chi connectivity index (χ2v) is 9.14. The van der Waals surface area contributed by atoms with Gasteiger partial charge in [0.1, 0.15) is 0 Å². The van der Waals surface area contributed by atoms with E-state index in [0.717, 1.165) is 5.01 Å². The van der Waals surface area contributed by atoms with Gasteiger partial charge < -0.3 is 9.67 Å². The van der Waals surface area contributed by atoms with Crippen molar-refractivity contribution in [3.63, 3.8) is 0 Å². The van der Waals surface area contributed by atoms with Crippen LogP contribution in [0, 0.1) is 0 Å². The van der Waals surface area contributed by atoms with Crippen LogP contribution < -0.4 is 10.1 Å². The minimum absolute atomic E-state index is 0.00778. The lowest BCUT2D eigenvalue weighted by atomic mass is 10.1. The molecule has 9 nitrogen and oxygen atoms in total. The normalized spacial score (nSPS) is 15.2. The molecule has 0 radical (unpaired) electrons. The summed E-state index contributed by atoms with van der Waals surface area (Å²) < 4.78 is 24.8. The molecule has 0 bridgehead atoms. The number of rotatable bonds is 5. The Kier molecular flexibility index (Phi) is 5.66. The van der Waals surface area contributed by atoms with E-state index in [-0.39, 0.29) is 21.2 Å². The molecule has 3 N–H and O–H groups in total. The van der Waals surface area contributed by atoms with Gasteiger partial charge in [0.05, 0.1) is 32.5 Å². The molecule has 1 aliphatic heterocycles. The Morgan fingerprint density at radius 2 is 1.79 bits per heavy atom. The van der Waals surface area contributed by atoms with Crippen molar-refractivity contribution in [2.75, 3.05) is 5.01 Å². The Bertz CT molecular complexity index is 1460. The Balaban J connectivity index is 1.68. The molecule has 2 aromatic carbocycles. The summed E-state index contributed by atoms with van der Waals surface area (Å²) in [4.78, 5) is 24.5. The Morgan fingerprint density at radius 1 is 1.12 bits per heavy atom. The summed E-state index contributed by atoms with van der Waals surface area (Å²) in [5.74, 6) is -1.64. The lowest BCUT2D eigenvalue weighted by molar-refractivity contribution is -0.114. The first-order chi connectivity index (χ1) is 15.6. The zero-order valence-electron chi connectivity index (χ0n) is 17.1. The third-order valence-electron chi connectivity index (χ3n) is 5.00. The van der Waals surface area contributed by atoms with Crippen LogP contribution in [0.3, 0.4) is 0 Å². The van der Waals surface area contributed by atoms with Gasteiger partial charge in [-0.2, -0.15) is 10.1 Å². The number of sulfonamides is 1. The number of benzene rings is 2. The van der Waals surface area contributed by atoms with E-state index in [0.29, 0.717) is 22.7 Å². The Hall–Kier alpha value is -3.73. The molecule has 0 spiro atoms. The highest BCUT2D eigenvalue weighted by Gasteiger charge is 2.30. The van der Waals surface area contributed by atoms with Gasteiger partial charge in [0.25, 0.3) is 5.91 Å². The first-order valence-corrected chi connectivity index (χ1v) is 11.4. The number of carbonyl (C=O) groups is 2. The van der Waals surface area contributed by atoms with Gasteiger partial charge in [-0.3, -0.25) is 4.79 Å². The van der Waals surface area contributed by atoms with E-state index < -0.39 is 21.9 Å². The Morgan fingerprint density at radius 3 is 2.42 bits per heavy atom. The largest absolute Gasteiger partial charge is 0.478 e. The van der Waals surface area contributed by atoms with E-state index in [2.05, 4.69) is 5.10 Å². The smallest absolute Gasteiger partial charge is 0.337 e. The molecule has 11 heteroatoms. The van der Waals surface area contributed by atoms with Gasteiger partial charge in [-0.1, -0.05) is 11.6 Å². The predicted molar refractivity (Wildman–Crippen MR) is 124 cm³/mol. The number of nitrogens with two attached hydrogens (primary N) is 1. The van der Waals surface area contributed by atoms with Crippen molar-refractivity contribution in [1.82, 2.24) is 4.57 Å². The van der Waals surface area contributed by atoms with Crippen molar-refractivity contribution < 1.29 is 23.1 Å². The van der Waals surface area contributed by atoms with Crippen LogP contribution in [0.4, 0.5) is 5.69 Å². The molecule has 0 atom stereocenters. The van der Waals surface area contributed by atoms with Crippen LogP contribution >= 0.6 is 11.6 Å². The summed E-state index contributed by atoms with van der Waals surface area (Å²) in [5.41, 5.74) is 2.23. The molecule has 168 valence electrons. The van der Waals surface area contributed by atoms with Crippen molar-refractivity contribution in [3.05, 3.63) is 82.6 Å². The predicted octanol–water partition coefficient (Wildman–Crippen LogP) is 3.28. The van der Waals surface area contributed by atoms with E-state index in [1.807, 2.05) is 0 Å². The van der Waals surface area contributed by atoms with Crippen molar-refractivity contribution in [3.8, 4) is 5.69 Å². The highest BCUT2D eigenvalue weighted by molar-refractivity contribution is 7.89. The molecule has 1 aliphatic rings. The summed E-state index contributed by atoms with van der Waals surface area (Å²) >= 11 is 5.92. The maximum absolute atomic E-state index is 13.1. The molecule has 1 amide bonds. The van der Waals surface area contributed by atoms with Crippen LogP contribution in [0.15, 0.2) is 76.4 Å². The van der Waals surface area contributed by atoms with E-state index in [4.69, 9.17) is 16.7 Å². The highest BCUT2D eigenvalue weighted by Crippen LogP contribution is 2.29. The fourth-order valence-corrected chi connectivity index (χ4v) is 4.07. The van der Waals surface area contributed by atoms with Gasteiger partial charge >= 0.3 is 5.97 Å². The SMILES string of the molecule is CC1=NN(c2ccc(Cl)c(C(=O)O)c2)C(=O)C1=Cc1cccn1-c1ccc(S(N)(=O)=O)cc1. The number of primary sulfonamides is 1. The van der Waals surface area contributed by atoms with Gasteiger partial charge in [0.15, 0.2) is 0 Å². The lowest BCUT2D eigenvalue weighted by Gasteiger charge is -2.13. The van der Waals surface area contributed by atoms with Crippen molar-refractivity contribution in [2.24, 2.45) is 10.2 Å². The van der Waals surface area contributed by atoms with Crippen LogP contribution in [0.2, 0.25) is 5.02 Å². The van der Waals surface area contributed by atoms with E-state index in [1.165, 1.54) is 30.3 Å². The number of hydrogen-bond donors (Lipinski definition) is 2. The molecule has 2 heterocycles. The zero-order chi connectivity index (χ0) is 23.9. The summed E-state index contributed by atoms with van der Waals surface area (Å²) in [5, 5.41) is 19.9. The number of amides is 1. The second kappa shape index (κ2) is 8.32. The number of carboxylic acids is 1. The number of aromatic nitrogens is 1. The topological polar surface area (TPSA) is 135 Å². The average molecular weight is 485 g/mol. The molecule has 4 rings (SSSR count). The minimum Gasteiger partial charge on any atom is -0.478 e. The maximum Gasteiger partial charge on any atom is 0.337 e. The number of anilines is 1. The van der Waals surface area contributed by atoms with Gasteiger partial charge in [-0.15, -0.1) is 0 Å². The number of carboxylic acid groups (broad SMARTS) is 1. The van der Waals surface area contributed by atoms with Crippen molar-refractivity contribution in [2.45, 2.75) is 11.8 Å². The third-order valence-corrected chi connectivity index (χ3v) is 6.26. The monoisotopic (exact) mass is 484 g/mol. The standard InChI is InChI=1S/C22H17ClN4O5S/c1-13-18(21(28)27(25-13)16-6-9-20(23)19(12-16)22(29)30)11-15-3-2-10-26(15)14-4-7-17(8-5-14)33(24,31)32/h2-12H,1H3,(H,29,30)(H2,24,31,32). The van der Waals surface area contributed by atoms with Gasteiger partial charge in [0.2, 0.25) is 10.0 Å². The van der Waals surface area contributed by atoms with Crippen LogP contribution in [-0.2, 0) is 14.8 Å². The summed E-state index contributed by atoms with van der Waals surface area (Å²) in [6.07, 6.45) is 3.42. The summed E-state index contributed by atoms with van der Waals surface area (Å²) in [7, 11) is -3.81. The van der Waals surface area contributed by atoms with E-state index >= 15 is 0 Å². The number of nitrogens with zero attached hydrogens (tertiary/aromatic N) is 3. The van der Waals surface area contributed by atoms with Crippen molar-refractivity contribution in [1.29, 1.82) is 0 Å². The van der Waals surface area contributed by atoms with Crippen LogP contribution in [0.5, 0.6) is 0 Å². The van der Waals surface area contributed by atoms with Gasteiger partial charge in [-0.25, -0.2) is 18.4 Å². The van der Waals surface area contributed by atoms with Gasteiger partial charge in [0, 0.05) is 17.6 Å². The van der Waals surface area contributed by atoms with E-state index in [9.17, 15) is 23.1 Å². The molecular weight excluding hydrogens is 468 g/mol. The van der Waals surface area contributed by atoms with Crippen molar-refractivity contribution >= 4 is 51.0 Å². The number of hydrazone groups is 1. The first kappa shape index (κ1) is 22.5. The quantitative estimate of drug-likeness (QED) is 0.536. The fraction of sp³-hybridized carbons (Fsp3) is 0.0455. The molecule has 33 heavy (non-hydrogen) atoms. The molecule has 0 saturated heterocycles. The lowest BCUT2D eigenvalue weighted by Crippen LogP contribution is -2.21. The number of aromatic carboxylic acids is 1. The third kappa shape index (κ3) is 4.31. The van der Waals surface area contributed by atoms with E-state index in [1.54, 1.807) is 48.0 Å². The molecule has 0 fully saturated rings. The molecule has 0 aliphatic carbocycles. The summed E-state index contributed by atoms with van der Waals surface area (Å²) in [6, 6.07) is 13.8. The summed E-state index contributed by atoms with van der Waals surface area (Å²) in [6.45, 7) is 1.67. The molecule has 0 unspecified atom stereocenters. The van der Waals surface area contributed by atoms with Gasteiger partial charge in [-0.05, 0) is 67.6 Å². The van der Waals surface area contributed by atoms with Crippen LogP contribution in [0.25, 0.3) is 11.8 Å².